The predicted octanol–water partition coefficient (Wildman–Crippen LogP) is 4.85. The monoisotopic (exact) mass is 296 g/mol. The van der Waals surface area contributed by atoms with Crippen LogP contribution in [0, 0.1) is 0 Å². The molecule has 20 heavy (non-hydrogen) atoms. The smallest absolute Gasteiger partial charge is 0.0429 e. The van der Waals surface area contributed by atoms with Crippen LogP contribution in [0.5, 0.6) is 0 Å². The molecule has 1 N–H and O–H groups in total. The second-order valence-corrected chi connectivity index (χ2v) is 6.86. The zero-order valence-corrected chi connectivity index (χ0v) is 14.5. The van der Waals surface area contributed by atoms with Crippen LogP contribution >= 0.6 is 11.6 Å². The number of rotatable bonds is 6. The van der Waals surface area contributed by atoms with Gasteiger partial charge in [-0.05, 0) is 58.7 Å². The van der Waals surface area contributed by atoms with Crippen LogP contribution in [-0.4, -0.2) is 18.1 Å². The Morgan fingerprint density at radius 1 is 1.25 bits per heavy atom. The van der Waals surface area contributed by atoms with E-state index in [4.69, 9.17) is 11.6 Å². The van der Waals surface area contributed by atoms with Crippen molar-refractivity contribution < 1.29 is 0 Å². The van der Waals surface area contributed by atoms with Gasteiger partial charge in [0, 0.05) is 35.4 Å². The Morgan fingerprint density at radius 2 is 1.90 bits per heavy atom. The highest BCUT2D eigenvalue weighted by atomic mass is 35.5. The van der Waals surface area contributed by atoms with E-state index in [1.54, 1.807) is 0 Å². The molecule has 1 aromatic carbocycles. The molecule has 3 heteroatoms. The van der Waals surface area contributed by atoms with Gasteiger partial charge in [-0.15, -0.1) is 0 Å². The topological polar surface area (TPSA) is 15.3 Å². The van der Waals surface area contributed by atoms with Crippen LogP contribution < -0.4 is 10.2 Å². The van der Waals surface area contributed by atoms with Gasteiger partial charge in [0.15, 0.2) is 0 Å². The lowest BCUT2D eigenvalue weighted by molar-refractivity contribution is 0.424. The fourth-order valence-corrected chi connectivity index (χ4v) is 2.42. The molecular weight excluding hydrogens is 268 g/mol. The first-order chi connectivity index (χ1) is 9.28. The molecule has 1 rings (SSSR count). The molecule has 1 atom stereocenters. The lowest BCUT2D eigenvalue weighted by Gasteiger charge is -2.32. The highest BCUT2D eigenvalue weighted by Crippen LogP contribution is 2.27. The molecule has 0 aliphatic carbocycles. The van der Waals surface area contributed by atoms with E-state index in [1.807, 2.05) is 6.07 Å². The van der Waals surface area contributed by atoms with Crippen LogP contribution in [0.1, 0.15) is 53.5 Å². The Bertz CT molecular complexity index is 423. The van der Waals surface area contributed by atoms with Crippen molar-refractivity contribution in [2.45, 2.75) is 66.1 Å². The Labute approximate surface area is 129 Å². The summed E-state index contributed by atoms with van der Waals surface area (Å²) in [7, 11) is 0. The van der Waals surface area contributed by atoms with Gasteiger partial charge in [-0.1, -0.05) is 24.6 Å². The van der Waals surface area contributed by atoms with Gasteiger partial charge < -0.3 is 10.2 Å². The molecule has 0 fully saturated rings. The van der Waals surface area contributed by atoms with E-state index in [9.17, 15) is 0 Å². The number of hydrogen-bond donors (Lipinski definition) is 1. The molecule has 0 amide bonds. The number of nitrogens with zero attached hydrogens (tertiary/aromatic N) is 1. The Balaban J connectivity index is 3.06. The lowest BCUT2D eigenvalue weighted by Crippen LogP contribution is -2.37. The van der Waals surface area contributed by atoms with E-state index in [1.165, 1.54) is 11.3 Å². The van der Waals surface area contributed by atoms with Crippen molar-refractivity contribution in [1.82, 2.24) is 5.32 Å². The van der Waals surface area contributed by atoms with Crippen molar-refractivity contribution >= 4 is 17.3 Å². The van der Waals surface area contributed by atoms with E-state index in [-0.39, 0.29) is 5.54 Å². The van der Waals surface area contributed by atoms with Crippen LogP contribution in [0.25, 0.3) is 0 Å². The molecule has 0 aromatic heterocycles. The molecule has 1 unspecified atom stereocenters. The summed E-state index contributed by atoms with van der Waals surface area (Å²) in [6, 6.07) is 6.74. The van der Waals surface area contributed by atoms with E-state index >= 15 is 0 Å². The number of nitrogens with one attached hydrogen (secondary N) is 1. The molecule has 0 saturated carbocycles. The molecule has 0 saturated heterocycles. The van der Waals surface area contributed by atoms with E-state index in [0.717, 1.165) is 24.5 Å². The molecule has 1 aromatic rings. The van der Waals surface area contributed by atoms with Gasteiger partial charge in [0.05, 0.1) is 0 Å². The quantitative estimate of drug-likeness (QED) is 0.807. The largest absolute Gasteiger partial charge is 0.369 e. The summed E-state index contributed by atoms with van der Waals surface area (Å²) in [4.78, 5) is 2.44. The van der Waals surface area contributed by atoms with Crippen LogP contribution in [0.4, 0.5) is 5.69 Å². The van der Waals surface area contributed by atoms with Crippen LogP contribution in [-0.2, 0) is 6.54 Å². The first kappa shape index (κ1) is 17.3. The second kappa shape index (κ2) is 7.33. The van der Waals surface area contributed by atoms with Crippen LogP contribution in [0.2, 0.25) is 5.02 Å². The fraction of sp³-hybridized carbons (Fsp3) is 0.647. The van der Waals surface area contributed by atoms with Gasteiger partial charge in [0.1, 0.15) is 0 Å². The molecule has 0 aliphatic rings. The maximum Gasteiger partial charge on any atom is 0.0429 e. The van der Waals surface area contributed by atoms with Gasteiger partial charge in [-0.25, -0.2) is 0 Å². The average Bonchev–Trinajstić information content (AvgIpc) is 2.37. The summed E-state index contributed by atoms with van der Waals surface area (Å²) in [6.45, 7) is 15.1. The second-order valence-electron chi connectivity index (χ2n) is 6.42. The summed E-state index contributed by atoms with van der Waals surface area (Å²) in [5.41, 5.74) is 2.68. The standard InChI is InChI=1S/C17H29ClN2/c1-7-13(3)20(8-2)16-11-15(18)10-9-14(16)12-19-17(4,5)6/h9-11,13,19H,7-8,12H2,1-6H3. The Kier molecular flexibility index (Phi) is 6.35. The molecule has 0 heterocycles. The maximum absolute atomic E-state index is 6.21. The minimum Gasteiger partial charge on any atom is -0.369 e. The number of anilines is 1. The summed E-state index contributed by atoms with van der Waals surface area (Å²) in [5, 5.41) is 4.37. The third-order valence-corrected chi connectivity index (χ3v) is 3.86. The van der Waals surface area contributed by atoms with Gasteiger partial charge in [-0.2, -0.15) is 0 Å². The molecular formula is C17H29ClN2. The Hall–Kier alpha value is -0.730. The molecule has 0 bridgehead atoms. The minimum atomic E-state index is 0.115. The van der Waals surface area contributed by atoms with Crippen molar-refractivity contribution in [3.8, 4) is 0 Å². The van der Waals surface area contributed by atoms with Crippen molar-refractivity contribution in [2.75, 3.05) is 11.4 Å². The van der Waals surface area contributed by atoms with Crippen molar-refractivity contribution in [3.63, 3.8) is 0 Å². The maximum atomic E-state index is 6.21. The van der Waals surface area contributed by atoms with Gasteiger partial charge >= 0.3 is 0 Å². The summed E-state index contributed by atoms with van der Waals surface area (Å²) < 4.78 is 0. The van der Waals surface area contributed by atoms with Crippen LogP contribution in [0.3, 0.4) is 0 Å². The van der Waals surface area contributed by atoms with E-state index in [2.05, 4.69) is 63.9 Å². The van der Waals surface area contributed by atoms with Crippen molar-refractivity contribution in [3.05, 3.63) is 28.8 Å². The fourth-order valence-electron chi connectivity index (χ4n) is 2.25. The minimum absolute atomic E-state index is 0.115. The number of benzene rings is 1. The molecule has 0 spiro atoms. The first-order valence-electron chi connectivity index (χ1n) is 7.58. The average molecular weight is 297 g/mol. The molecule has 114 valence electrons. The highest BCUT2D eigenvalue weighted by Gasteiger charge is 2.17. The summed E-state index contributed by atoms with van der Waals surface area (Å²) in [5.74, 6) is 0. The third-order valence-electron chi connectivity index (χ3n) is 3.63. The predicted molar refractivity (Wildman–Crippen MR) is 90.8 cm³/mol. The molecule has 0 aliphatic heterocycles. The zero-order chi connectivity index (χ0) is 15.3. The number of halogens is 1. The normalized spacial score (nSPS) is 13.3. The number of hydrogen-bond acceptors (Lipinski definition) is 2. The van der Waals surface area contributed by atoms with Crippen LogP contribution in [0.15, 0.2) is 18.2 Å². The SMILES string of the molecule is CCC(C)N(CC)c1cc(Cl)ccc1CNC(C)(C)C. The van der Waals surface area contributed by atoms with Gasteiger partial charge in [0.25, 0.3) is 0 Å². The highest BCUT2D eigenvalue weighted by molar-refractivity contribution is 6.30. The molecule has 2 nitrogen and oxygen atoms in total. The van der Waals surface area contributed by atoms with E-state index < -0.39 is 0 Å². The first-order valence-corrected chi connectivity index (χ1v) is 7.96. The third kappa shape index (κ3) is 4.99. The van der Waals surface area contributed by atoms with Gasteiger partial charge in [0.2, 0.25) is 0 Å². The lowest BCUT2D eigenvalue weighted by atomic mass is 10.1. The summed E-state index contributed by atoms with van der Waals surface area (Å²) >= 11 is 6.21. The van der Waals surface area contributed by atoms with Gasteiger partial charge in [-0.3, -0.25) is 0 Å². The Morgan fingerprint density at radius 3 is 2.40 bits per heavy atom. The summed E-state index contributed by atoms with van der Waals surface area (Å²) in [6.07, 6.45) is 1.13. The molecule has 0 radical (unpaired) electrons. The van der Waals surface area contributed by atoms with E-state index in [0.29, 0.717) is 6.04 Å². The zero-order valence-electron chi connectivity index (χ0n) is 13.8. The van der Waals surface area contributed by atoms with Crippen molar-refractivity contribution in [2.24, 2.45) is 0 Å². The van der Waals surface area contributed by atoms with Crippen molar-refractivity contribution in [1.29, 1.82) is 0 Å².